The van der Waals surface area contributed by atoms with E-state index in [1.807, 2.05) is 24.5 Å². The van der Waals surface area contributed by atoms with Crippen molar-refractivity contribution in [3.8, 4) is 28.6 Å². The Balaban J connectivity index is 1.33. The lowest BCUT2D eigenvalue weighted by atomic mass is 9.77. The highest BCUT2D eigenvalue weighted by Crippen LogP contribution is 2.38. The predicted octanol–water partition coefficient (Wildman–Crippen LogP) is 7.93. The molecule has 1 aliphatic rings. The molecule has 0 unspecified atom stereocenters. The lowest BCUT2D eigenvalue weighted by Crippen LogP contribution is -2.13. The minimum absolute atomic E-state index is 0.644. The van der Waals surface area contributed by atoms with Gasteiger partial charge < -0.3 is 0 Å². The zero-order valence-electron chi connectivity index (χ0n) is 19.1. The van der Waals surface area contributed by atoms with Crippen LogP contribution in [-0.2, 0) is 0 Å². The van der Waals surface area contributed by atoms with E-state index in [0.717, 1.165) is 22.6 Å². The molecule has 164 valence electrons. The van der Waals surface area contributed by atoms with Crippen LogP contribution >= 0.6 is 0 Å². The summed E-state index contributed by atoms with van der Waals surface area (Å²) in [5, 5.41) is 8.94. The van der Waals surface area contributed by atoms with Crippen molar-refractivity contribution in [2.24, 2.45) is 5.92 Å². The highest BCUT2D eigenvalue weighted by atomic mass is 14.9. The van der Waals surface area contributed by atoms with Gasteiger partial charge in [-0.05, 0) is 72.9 Å². The topological polar surface area (TPSA) is 49.6 Å². The van der Waals surface area contributed by atoms with E-state index in [-0.39, 0.29) is 0 Å². The van der Waals surface area contributed by atoms with Gasteiger partial charge >= 0.3 is 0 Å². The van der Waals surface area contributed by atoms with Crippen molar-refractivity contribution in [3.63, 3.8) is 0 Å². The van der Waals surface area contributed by atoms with Crippen LogP contribution in [-0.4, -0.2) is 9.97 Å². The molecule has 3 aromatic rings. The maximum absolute atomic E-state index is 8.94. The van der Waals surface area contributed by atoms with Crippen molar-refractivity contribution in [3.05, 3.63) is 72.1 Å². The second-order valence-corrected chi connectivity index (χ2v) is 9.17. The first kappa shape index (κ1) is 22.2. The Bertz CT molecular complexity index is 1010. The van der Waals surface area contributed by atoms with E-state index in [2.05, 4.69) is 47.2 Å². The van der Waals surface area contributed by atoms with Crippen LogP contribution in [0, 0.1) is 17.2 Å². The van der Waals surface area contributed by atoms with Gasteiger partial charge in [-0.15, -0.1) is 0 Å². The van der Waals surface area contributed by atoms with Crippen LogP contribution in [0.25, 0.3) is 22.5 Å². The van der Waals surface area contributed by atoms with Crippen LogP contribution in [0.5, 0.6) is 0 Å². The molecule has 1 fully saturated rings. The quantitative estimate of drug-likeness (QED) is 0.346. The van der Waals surface area contributed by atoms with Crippen LogP contribution in [0.15, 0.2) is 60.9 Å². The maximum atomic E-state index is 8.94. The minimum Gasteiger partial charge on any atom is -0.236 e. The van der Waals surface area contributed by atoms with Crippen LogP contribution in [0.1, 0.15) is 81.8 Å². The van der Waals surface area contributed by atoms with Gasteiger partial charge in [-0.25, -0.2) is 9.97 Å². The average Bonchev–Trinajstić information content (AvgIpc) is 2.87. The van der Waals surface area contributed by atoms with Gasteiger partial charge in [0.1, 0.15) is 0 Å². The van der Waals surface area contributed by atoms with Crippen molar-refractivity contribution in [1.29, 1.82) is 5.26 Å². The van der Waals surface area contributed by atoms with E-state index in [9.17, 15) is 0 Å². The van der Waals surface area contributed by atoms with Crippen molar-refractivity contribution in [2.45, 2.75) is 70.6 Å². The highest BCUT2D eigenvalue weighted by molar-refractivity contribution is 5.64. The Morgan fingerprint density at radius 3 is 2.06 bits per heavy atom. The number of nitriles is 1. The van der Waals surface area contributed by atoms with Gasteiger partial charge in [0, 0.05) is 23.5 Å². The van der Waals surface area contributed by atoms with E-state index in [4.69, 9.17) is 5.26 Å². The molecule has 0 N–H and O–H groups in total. The van der Waals surface area contributed by atoms with E-state index >= 15 is 0 Å². The molecule has 0 bridgehead atoms. The summed E-state index contributed by atoms with van der Waals surface area (Å²) < 4.78 is 0. The first-order valence-corrected chi connectivity index (χ1v) is 12.2. The molecule has 0 spiro atoms. The van der Waals surface area contributed by atoms with E-state index < -0.39 is 0 Å². The number of benzene rings is 2. The van der Waals surface area contributed by atoms with Crippen LogP contribution < -0.4 is 0 Å². The zero-order valence-corrected chi connectivity index (χ0v) is 19.1. The summed E-state index contributed by atoms with van der Waals surface area (Å²) in [4.78, 5) is 9.09. The molecule has 32 heavy (non-hydrogen) atoms. The van der Waals surface area contributed by atoms with Gasteiger partial charge in [-0.3, -0.25) is 0 Å². The summed E-state index contributed by atoms with van der Waals surface area (Å²) in [5.41, 5.74) is 5.24. The third kappa shape index (κ3) is 5.62. The Labute approximate surface area is 192 Å². The summed E-state index contributed by atoms with van der Waals surface area (Å²) in [6, 6.07) is 18.5. The number of aromatic nitrogens is 2. The normalized spacial score (nSPS) is 18.2. The first-order chi connectivity index (χ1) is 15.8. The second kappa shape index (κ2) is 11.0. The summed E-state index contributed by atoms with van der Waals surface area (Å²) >= 11 is 0. The molecule has 2 aromatic carbocycles. The summed E-state index contributed by atoms with van der Waals surface area (Å²) in [7, 11) is 0. The molecule has 3 nitrogen and oxygen atoms in total. The fourth-order valence-corrected chi connectivity index (χ4v) is 4.91. The lowest BCUT2D eigenvalue weighted by Gasteiger charge is -2.29. The van der Waals surface area contributed by atoms with E-state index in [0.29, 0.717) is 17.3 Å². The Hall–Kier alpha value is -2.99. The number of hydrogen-bond donors (Lipinski definition) is 0. The summed E-state index contributed by atoms with van der Waals surface area (Å²) in [6.45, 7) is 2.29. The third-order valence-electron chi connectivity index (χ3n) is 6.95. The van der Waals surface area contributed by atoms with Gasteiger partial charge in [0.15, 0.2) is 5.82 Å². The molecule has 1 aliphatic carbocycles. The molecule has 1 saturated carbocycles. The molecule has 0 atom stereocenters. The molecule has 4 rings (SSSR count). The van der Waals surface area contributed by atoms with Crippen molar-refractivity contribution < 1.29 is 0 Å². The van der Waals surface area contributed by atoms with Crippen LogP contribution in [0.2, 0.25) is 0 Å². The molecule has 0 amide bonds. The Morgan fingerprint density at radius 1 is 0.781 bits per heavy atom. The zero-order chi connectivity index (χ0) is 22.2. The first-order valence-electron chi connectivity index (χ1n) is 12.2. The summed E-state index contributed by atoms with van der Waals surface area (Å²) in [5.74, 6) is 2.35. The van der Waals surface area contributed by atoms with Crippen LogP contribution in [0.3, 0.4) is 0 Å². The monoisotopic (exact) mass is 423 g/mol. The van der Waals surface area contributed by atoms with Gasteiger partial charge in [0.2, 0.25) is 0 Å². The minimum atomic E-state index is 0.644. The SMILES string of the molecule is CCCCCC[C@H]1CC[C@H](c2ccc(-c3cnc(-c4ccc(C#N)cc4)nc3)cc2)CC1. The van der Waals surface area contributed by atoms with Gasteiger partial charge in [-0.2, -0.15) is 5.26 Å². The Kier molecular flexibility index (Phi) is 7.67. The fourth-order valence-electron chi connectivity index (χ4n) is 4.91. The van der Waals surface area contributed by atoms with Crippen molar-refractivity contribution in [2.75, 3.05) is 0 Å². The molecular weight excluding hydrogens is 390 g/mol. The van der Waals surface area contributed by atoms with E-state index in [1.165, 1.54) is 63.4 Å². The lowest BCUT2D eigenvalue weighted by molar-refractivity contribution is 0.302. The molecule has 0 aliphatic heterocycles. The standard InChI is InChI=1S/C29H33N3/c1-2-3-4-5-6-22-7-11-24(12-8-22)25-15-17-26(18-16-25)28-20-31-29(32-21-28)27-13-9-23(19-30)10-14-27/h9-10,13-18,20-22,24H,2-8,11-12H2,1H3/t22-,24-. The Morgan fingerprint density at radius 2 is 1.44 bits per heavy atom. The molecule has 0 radical (unpaired) electrons. The second-order valence-electron chi connectivity index (χ2n) is 9.17. The van der Waals surface area contributed by atoms with E-state index in [1.54, 1.807) is 12.1 Å². The number of hydrogen-bond acceptors (Lipinski definition) is 3. The van der Waals surface area contributed by atoms with Crippen molar-refractivity contribution in [1.82, 2.24) is 9.97 Å². The number of nitrogens with zero attached hydrogens (tertiary/aromatic N) is 3. The summed E-state index contributed by atoms with van der Waals surface area (Å²) in [6.07, 6.45) is 16.2. The predicted molar refractivity (Wildman–Crippen MR) is 131 cm³/mol. The van der Waals surface area contributed by atoms with Crippen molar-refractivity contribution >= 4 is 0 Å². The molecule has 1 aromatic heterocycles. The van der Waals surface area contributed by atoms with Gasteiger partial charge in [-0.1, -0.05) is 63.3 Å². The molecule has 1 heterocycles. The number of rotatable bonds is 8. The molecular formula is C29H33N3. The largest absolute Gasteiger partial charge is 0.236 e. The smallest absolute Gasteiger partial charge is 0.159 e. The average molecular weight is 424 g/mol. The third-order valence-corrected chi connectivity index (χ3v) is 6.95. The maximum Gasteiger partial charge on any atom is 0.159 e. The van der Waals surface area contributed by atoms with Gasteiger partial charge in [0.25, 0.3) is 0 Å². The molecule has 3 heteroatoms. The van der Waals surface area contributed by atoms with Crippen LogP contribution in [0.4, 0.5) is 0 Å². The fraction of sp³-hybridized carbons (Fsp3) is 0.414. The van der Waals surface area contributed by atoms with Gasteiger partial charge in [0.05, 0.1) is 11.6 Å². The molecule has 0 saturated heterocycles. The highest BCUT2D eigenvalue weighted by Gasteiger charge is 2.22. The number of unbranched alkanes of at least 4 members (excludes halogenated alkanes) is 3.